The van der Waals surface area contributed by atoms with Gasteiger partial charge in [-0.3, -0.25) is 24.2 Å². The van der Waals surface area contributed by atoms with Crippen molar-refractivity contribution >= 4 is 35.1 Å². The van der Waals surface area contributed by atoms with Crippen LogP contribution >= 0.6 is 0 Å². The van der Waals surface area contributed by atoms with E-state index in [2.05, 4.69) is 15.6 Å². The molecular formula is C33H30FN5O5. The molecule has 0 saturated carbocycles. The zero-order valence-electron chi connectivity index (χ0n) is 23.7. The minimum atomic E-state index is -1.09. The van der Waals surface area contributed by atoms with E-state index in [1.54, 1.807) is 47.5 Å². The zero-order valence-corrected chi connectivity index (χ0v) is 23.7. The molecule has 3 amide bonds. The third-order valence-electron chi connectivity index (χ3n) is 7.29. The first-order valence-electron chi connectivity index (χ1n) is 14.0. The monoisotopic (exact) mass is 595 g/mol. The highest BCUT2D eigenvalue weighted by atomic mass is 19.1. The number of carboxylic acid groups (broad SMARTS) is 1. The van der Waals surface area contributed by atoms with Crippen molar-refractivity contribution in [2.75, 3.05) is 36.4 Å². The summed E-state index contributed by atoms with van der Waals surface area (Å²) >= 11 is 0. The van der Waals surface area contributed by atoms with E-state index in [1.165, 1.54) is 30.5 Å². The van der Waals surface area contributed by atoms with Crippen molar-refractivity contribution < 1.29 is 28.7 Å². The van der Waals surface area contributed by atoms with Crippen LogP contribution in [0.4, 0.5) is 15.8 Å². The summed E-state index contributed by atoms with van der Waals surface area (Å²) in [5, 5.41) is 15.0. The minimum absolute atomic E-state index is 0.0681. The summed E-state index contributed by atoms with van der Waals surface area (Å²) in [6.07, 6.45) is 2.68. The van der Waals surface area contributed by atoms with Crippen LogP contribution in [0.1, 0.15) is 49.1 Å². The fraction of sp³-hybridized carbons (Fsp3) is 0.182. The van der Waals surface area contributed by atoms with E-state index in [-0.39, 0.29) is 23.5 Å². The number of benzene rings is 3. The first-order valence-corrected chi connectivity index (χ1v) is 14.0. The van der Waals surface area contributed by atoms with Crippen LogP contribution in [-0.4, -0.2) is 64.9 Å². The number of carbonyl (C=O) groups is 4. The Labute approximate surface area is 253 Å². The van der Waals surface area contributed by atoms with Crippen LogP contribution in [-0.2, 0) is 4.79 Å². The smallest absolute Gasteiger partial charge is 0.305 e. The number of piperazine rings is 1. The molecule has 11 heteroatoms. The lowest BCUT2D eigenvalue weighted by atomic mass is 10.0. The summed E-state index contributed by atoms with van der Waals surface area (Å²) in [4.78, 5) is 58.8. The van der Waals surface area contributed by atoms with Gasteiger partial charge in [-0.05, 0) is 60.2 Å². The predicted octanol–water partition coefficient (Wildman–Crippen LogP) is 4.38. The molecule has 44 heavy (non-hydrogen) atoms. The molecule has 1 aliphatic heterocycles. The second-order valence-corrected chi connectivity index (χ2v) is 10.3. The van der Waals surface area contributed by atoms with Gasteiger partial charge in [0.2, 0.25) is 0 Å². The molecule has 1 atom stereocenters. The number of anilines is 2. The van der Waals surface area contributed by atoms with Gasteiger partial charge in [0, 0.05) is 55.3 Å². The Bertz CT molecular complexity index is 1660. The van der Waals surface area contributed by atoms with Crippen LogP contribution < -0.4 is 15.5 Å². The van der Waals surface area contributed by atoms with E-state index in [0.29, 0.717) is 48.7 Å². The first-order chi connectivity index (χ1) is 21.3. The Morgan fingerprint density at radius 1 is 0.818 bits per heavy atom. The number of aromatic nitrogens is 1. The lowest BCUT2D eigenvalue weighted by molar-refractivity contribution is -0.137. The summed E-state index contributed by atoms with van der Waals surface area (Å²) in [7, 11) is 0. The molecule has 0 spiro atoms. The molecule has 10 nitrogen and oxygen atoms in total. The van der Waals surface area contributed by atoms with E-state index < -0.39 is 29.6 Å². The van der Waals surface area contributed by atoms with E-state index in [1.807, 2.05) is 23.1 Å². The minimum Gasteiger partial charge on any atom is -0.481 e. The van der Waals surface area contributed by atoms with Crippen molar-refractivity contribution in [2.24, 2.45) is 0 Å². The predicted molar refractivity (Wildman–Crippen MR) is 162 cm³/mol. The number of carboxylic acids is 1. The van der Waals surface area contributed by atoms with Gasteiger partial charge in [0.1, 0.15) is 5.82 Å². The van der Waals surface area contributed by atoms with Gasteiger partial charge >= 0.3 is 5.97 Å². The Morgan fingerprint density at radius 3 is 2.23 bits per heavy atom. The van der Waals surface area contributed by atoms with E-state index in [0.717, 1.165) is 6.07 Å². The Hall–Kier alpha value is -5.58. The Kier molecular flexibility index (Phi) is 9.24. The average molecular weight is 596 g/mol. The van der Waals surface area contributed by atoms with Gasteiger partial charge in [-0.15, -0.1) is 0 Å². The molecule has 4 aromatic rings. The van der Waals surface area contributed by atoms with E-state index in [9.17, 15) is 28.7 Å². The van der Waals surface area contributed by atoms with Gasteiger partial charge in [0.05, 0.1) is 23.8 Å². The highest BCUT2D eigenvalue weighted by Crippen LogP contribution is 2.30. The standard InChI is InChI=1S/C33H30FN5O5/c34-26-10-4-8-23(18-26)31(42)37-28-19-24(32(43)36-27(20-30(40)41)25-9-5-13-35-21-25)11-12-29(28)38-14-16-39(17-15-38)33(44)22-6-2-1-3-7-22/h1-13,18-19,21,27H,14-17,20H2,(H,36,43)(H,37,42)(H,40,41). The van der Waals surface area contributed by atoms with Crippen LogP contribution in [0.5, 0.6) is 0 Å². The third kappa shape index (κ3) is 7.24. The Morgan fingerprint density at radius 2 is 1.55 bits per heavy atom. The van der Waals surface area contributed by atoms with Gasteiger partial charge in [-0.25, -0.2) is 4.39 Å². The second-order valence-electron chi connectivity index (χ2n) is 10.3. The zero-order chi connectivity index (χ0) is 31.1. The quantitative estimate of drug-likeness (QED) is 0.262. The number of hydrogen-bond acceptors (Lipinski definition) is 6. The molecule has 1 aromatic heterocycles. The number of nitrogens with zero attached hydrogens (tertiary/aromatic N) is 3. The summed E-state index contributed by atoms with van der Waals surface area (Å²) < 4.78 is 13.9. The van der Waals surface area contributed by atoms with Crippen molar-refractivity contribution in [3.8, 4) is 0 Å². The van der Waals surface area contributed by atoms with Crippen molar-refractivity contribution in [3.05, 3.63) is 125 Å². The molecule has 1 fully saturated rings. The summed E-state index contributed by atoms with van der Waals surface area (Å²) in [5.74, 6) is -2.85. The molecule has 0 bridgehead atoms. The SMILES string of the molecule is O=C(O)CC(NC(=O)c1ccc(N2CCN(C(=O)c3ccccc3)CC2)c(NC(=O)c2cccc(F)c2)c1)c1cccnc1. The number of nitrogens with one attached hydrogen (secondary N) is 2. The largest absolute Gasteiger partial charge is 0.481 e. The van der Waals surface area contributed by atoms with Gasteiger partial charge in [0.25, 0.3) is 17.7 Å². The molecular weight excluding hydrogens is 565 g/mol. The molecule has 3 aromatic carbocycles. The van der Waals surface area contributed by atoms with Crippen LogP contribution in [0.15, 0.2) is 97.3 Å². The summed E-state index contributed by atoms with van der Waals surface area (Å²) in [5.41, 5.74) is 2.34. The van der Waals surface area contributed by atoms with Crippen LogP contribution in [0, 0.1) is 5.82 Å². The lowest BCUT2D eigenvalue weighted by Gasteiger charge is -2.37. The van der Waals surface area contributed by atoms with E-state index in [4.69, 9.17) is 0 Å². The van der Waals surface area contributed by atoms with Gasteiger partial charge in [-0.1, -0.05) is 30.3 Å². The molecule has 224 valence electrons. The van der Waals surface area contributed by atoms with Crippen LogP contribution in [0.2, 0.25) is 0 Å². The highest BCUT2D eigenvalue weighted by molar-refractivity contribution is 6.07. The molecule has 1 unspecified atom stereocenters. The van der Waals surface area contributed by atoms with Crippen molar-refractivity contribution in [2.45, 2.75) is 12.5 Å². The van der Waals surface area contributed by atoms with Gasteiger partial charge < -0.3 is 25.5 Å². The molecule has 3 N–H and O–H groups in total. The topological polar surface area (TPSA) is 132 Å². The first kappa shape index (κ1) is 29.9. The van der Waals surface area contributed by atoms with Crippen LogP contribution in [0.25, 0.3) is 0 Å². The van der Waals surface area contributed by atoms with Crippen molar-refractivity contribution in [1.29, 1.82) is 0 Å². The number of carbonyl (C=O) groups excluding carboxylic acids is 3. The number of halogens is 1. The number of hydrogen-bond donors (Lipinski definition) is 3. The maximum absolute atomic E-state index is 13.9. The molecule has 2 heterocycles. The summed E-state index contributed by atoms with van der Waals surface area (Å²) in [6, 6.07) is 21.6. The molecule has 0 aliphatic carbocycles. The number of aliphatic carboxylic acids is 1. The summed E-state index contributed by atoms with van der Waals surface area (Å²) in [6.45, 7) is 1.81. The maximum atomic E-state index is 13.9. The van der Waals surface area contributed by atoms with E-state index >= 15 is 0 Å². The normalized spacial score (nSPS) is 13.6. The molecule has 1 saturated heterocycles. The van der Waals surface area contributed by atoms with Gasteiger partial charge in [-0.2, -0.15) is 0 Å². The fourth-order valence-corrected chi connectivity index (χ4v) is 5.04. The van der Waals surface area contributed by atoms with Crippen molar-refractivity contribution in [3.63, 3.8) is 0 Å². The van der Waals surface area contributed by atoms with Crippen molar-refractivity contribution in [1.82, 2.24) is 15.2 Å². The lowest BCUT2D eigenvalue weighted by Crippen LogP contribution is -2.49. The average Bonchev–Trinajstić information content (AvgIpc) is 3.05. The van der Waals surface area contributed by atoms with Crippen LogP contribution in [0.3, 0.4) is 0 Å². The van der Waals surface area contributed by atoms with Gasteiger partial charge in [0.15, 0.2) is 0 Å². The number of amides is 3. The third-order valence-corrected chi connectivity index (χ3v) is 7.29. The fourth-order valence-electron chi connectivity index (χ4n) is 5.04. The molecule has 1 aliphatic rings. The Balaban J connectivity index is 1.39. The molecule has 0 radical (unpaired) electrons. The maximum Gasteiger partial charge on any atom is 0.305 e. The molecule has 5 rings (SSSR count). The number of rotatable bonds is 9. The highest BCUT2D eigenvalue weighted by Gasteiger charge is 2.26. The second kappa shape index (κ2) is 13.6. The number of pyridine rings is 1.